The Hall–Kier alpha value is -5.40. The van der Waals surface area contributed by atoms with Gasteiger partial charge >= 0.3 is 11.9 Å². The van der Waals surface area contributed by atoms with Gasteiger partial charge in [-0.3, -0.25) is 9.59 Å². The molecule has 242 valence electrons. The van der Waals surface area contributed by atoms with Crippen molar-refractivity contribution < 1.29 is 18.7 Å². The van der Waals surface area contributed by atoms with Gasteiger partial charge in [-0.1, -0.05) is 23.1 Å². The molecule has 14 heteroatoms. The number of anilines is 4. The van der Waals surface area contributed by atoms with Crippen LogP contribution in [0.3, 0.4) is 0 Å². The molecule has 2 aromatic heterocycles. The van der Waals surface area contributed by atoms with Crippen LogP contribution in [0.1, 0.15) is 39.5 Å². The van der Waals surface area contributed by atoms with Crippen LogP contribution in [0.4, 0.5) is 46.0 Å². The zero-order chi connectivity index (χ0) is 33.1. The number of nitrogens with zero attached hydrogens (tertiary/aromatic N) is 8. The number of azo groups is 2. The quantitative estimate of drug-likeness (QED) is 0.0743. The van der Waals surface area contributed by atoms with E-state index in [0.29, 0.717) is 34.6 Å². The molecule has 0 aliphatic rings. The lowest BCUT2D eigenvalue weighted by Gasteiger charge is -2.11. The van der Waals surface area contributed by atoms with Crippen molar-refractivity contribution in [3.05, 3.63) is 61.2 Å². The number of benzene rings is 2. The van der Waals surface area contributed by atoms with E-state index in [1.165, 1.54) is 13.8 Å². The fourth-order valence-corrected chi connectivity index (χ4v) is 4.78. The van der Waals surface area contributed by atoms with Crippen molar-refractivity contribution in [3.63, 3.8) is 0 Å². The van der Waals surface area contributed by atoms with Gasteiger partial charge in [-0.25, -0.2) is 18.3 Å². The first-order valence-corrected chi connectivity index (χ1v) is 15.3. The van der Waals surface area contributed by atoms with Gasteiger partial charge in [0, 0.05) is 48.5 Å². The zero-order valence-corrected chi connectivity index (χ0v) is 27.4. The number of aromatic nitrogens is 4. The summed E-state index contributed by atoms with van der Waals surface area (Å²) in [6, 6.07) is 11.2. The third kappa shape index (κ3) is 9.55. The molecule has 4 aromatic rings. The number of carbonyl (C=O) groups excluding carboxylic acids is 2. The predicted molar refractivity (Wildman–Crippen MR) is 178 cm³/mol. The molecule has 0 fully saturated rings. The molecule has 0 atom stereocenters. The van der Waals surface area contributed by atoms with Gasteiger partial charge in [-0.05, 0) is 49.2 Å². The Balaban J connectivity index is 1.29. The number of amides is 2. The molecule has 14 nitrogen and oxygen atoms in total. The van der Waals surface area contributed by atoms with E-state index in [0.717, 1.165) is 50.1 Å². The van der Waals surface area contributed by atoms with E-state index in [4.69, 9.17) is 0 Å². The first kappa shape index (κ1) is 33.5. The molecule has 0 radical (unpaired) electrons. The average Bonchev–Trinajstić information content (AvgIpc) is 3.50. The SMILES string of the molecule is CC(=O)Nc1ccc(NCCCCCCNc2ccc(NC(C)=O)cc2N=Nc2n(C)cc[n+]2C)c(N=Nc2n(C)cc[n+]2C)c1. The summed E-state index contributed by atoms with van der Waals surface area (Å²) in [5.41, 5.74) is 4.33. The van der Waals surface area contributed by atoms with Gasteiger partial charge in [0.1, 0.15) is 11.4 Å². The van der Waals surface area contributed by atoms with Crippen LogP contribution in [0.25, 0.3) is 0 Å². The van der Waals surface area contributed by atoms with Crippen LogP contribution in [0.2, 0.25) is 0 Å². The molecule has 0 aliphatic heterocycles. The zero-order valence-electron chi connectivity index (χ0n) is 27.4. The van der Waals surface area contributed by atoms with E-state index in [9.17, 15) is 9.59 Å². The summed E-state index contributed by atoms with van der Waals surface area (Å²) in [5, 5.41) is 30.4. The number of nitrogens with one attached hydrogen (secondary N) is 4. The van der Waals surface area contributed by atoms with Crippen molar-refractivity contribution in [2.24, 2.45) is 48.6 Å². The Labute approximate surface area is 269 Å². The van der Waals surface area contributed by atoms with Crippen LogP contribution in [0.15, 0.2) is 81.6 Å². The Kier molecular flexibility index (Phi) is 11.7. The molecule has 46 heavy (non-hydrogen) atoms. The predicted octanol–water partition coefficient (Wildman–Crippen LogP) is 5.84. The minimum Gasteiger partial charge on any atom is -0.383 e. The van der Waals surface area contributed by atoms with Crippen molar-refractivity contribution in [2.45, 2.75) is 39.5 Å². The summed E-state index contributed by atoms with van der Waals surface area (Å²) in [7, 11) is 7.65. The summed E-state index contributed by atoms with van der Waals surface area (Å²) < 4.78 is 7.55. The largest absolute Gasteiger partial charge is 0.421 e. The molecular formula is C32H44N12O2+2. The monoisotopic (exact) mass is 628 g/mol. The molecule has 2 amide bonds. The van der Waals surface area contributed by atoms with E-state index in [1.54, 1.807) is 0 Å². The average molecular weight is 629 g/mol. The Morgan fingerprint density at radius 1 is 0.652 bits per heavy atom. The second-order valence-electron chi connectivity index (χ2n) is 11.1. The van der Waals surface area contributed by atoms with Crippen LogP contribution in [-0.4, -0.2) is 34.0 Å². The lowest BCUT2D eigenvalue weighted by Crippen LogP contribution is -2.25. The molecule has 2 heterocycles. The normalized spacial score (nSPS) is 11.3. The summed E-state index contributed by atoms with van der Waals surface area (Å²) >= 11 is 0. The lowest BCUT2D eigenvalue weighted by molar-refractivity contribution is -0.657. The van der Waals surface area contributed by atoms with E-state index in [-0.39, 0.29) is 11.8 Å². The standard InChI is InChI=1S/C32H42N12O2/c1-23(45)35-25-11-13-27(29(21-25)37-39-31-41(3)17-18-42(31)4)33-15-9-7-8-10-16-34-28-14-12-26(36-24(2)46)22-30(28)38-40-32-43(5)19-20-44(32)6/h11-14,17-22H,7-10,15-16H2,1-6H3,(H2,35,36,37,38,45,46)/p+2. The number of hydrogen-bond acceptors (Lipinski definition) is 8. The number of imidazole rings is 2. The van der Waals surface area contributed by atoms with Crippen LogP contribution in [-0.2, 0) is 37.8 Å². The Morgan fingerprint density at radius 2 is 1.07 bits per heavy atom. The molecule has 0 saturated heterocycles. The maximum atomic E-state index is 11.6. The van der Waals surface area contributed by atoms with Gasteiger partial charge in [-0.15, -0.1) is 0 Å². The molecule has 0 saturated carbocycles. The summed E-state index contributed by atoms with van der Waals surface area (Å²) in [6.45, 7) is 4.51. The second-order valence-corrected chi connectivity index (χ2v) is 11.1. The number of carbonyl (C=O) groups is 2. The van der Waals surface area contributed by atoms with E-state index in [2.05, 4.69) is 41.7 Å². The maximum Gasteiger partial charge on any atom is 0.421 e. The number of hydrogen-bond donors (Lipinski definition) is 4. The van der Waals surface area contributed by atoms with Crippen LogP contribution >= 0.6 is 0 Å². The minimum absolute atomic E-state index is 0.143. The van der Waals surface area contributed by atoms with Gasteiger partial charge in [0.15, 0.2) is 0 Å². The smallest absolute Gasteiger partial charge is 0.383 e. The van der Waals surface area contributed by atoms with E-state index in [1.807, 2.05) is 108 Å². The molecule has 4 rings (SSSR count). The Bertz CT molecular complexity index is 1560. The topological polar surface area (TPSA) is 149 Å². The molecule has 0 aliphatic carbocycles. The van der Waals surface area contributed by atoms with Crippen LogP contribution < -0.4 is 30.4 Å². The number of rotatable bonds is 15. The van der Waals surface area contributed by atoms with Gasteiger partial charge in [0.05, 0.1) is 64.4 Å². The summed E-state index contributed by atoms with van der Waals surface area (Å²) in [6.07, 6.45) is 11.7. The molecular weight excluding hydrogens is 584 g/mol. The van der Waals surface area contributed by atoms with Crippen LogP contribution in [0.5, 0.6) is 0 Å². The maximum absolute atomic E-state index is 11.6. The van der Waals surface area contributed by atoms with Crippen molar-refractivity contribution in [3.8, 4) is 0 Å². The summed E-state index contributed by atoms with van der Waals surface area (Å²) in [5.74, 6) is 1.12. The highest BCUT2D eigenvalue weighted by atomic mass is 16.2. The van der Waals surface area contributed by atoms with E-state index < -0.39 is 0 Å². The lowest BCUT2D eigenvalue weighted by atomic mass is 10.1. The first-order chi connectivity index (χ1) is 22.1. The van der Waals surface area contributed by atoms with Gasteiger partial charge < -0.3 is 21.3 Å². The van der Waals surface area contributed by atoms with Crippen molar-refractivity contribution in [1.82, 2.24) is 9.13 Å². The van der Waals surface area contributed by atoms with Gasteiger partial charge in [-0.2, -0.15) is 0 Å². The van der Waals surface area contributed by atoms with Gasteiger partial charge in [0.25, 0.3) is 0 Å². The highest BCUT2D eigenvalue weighted by Crippen LogP contribution is 2.31. The third-order valence-electron chi connectivity index (χ3n) is 7.15. The minimum atomic E-state index is -0.143. The molecule has 0 unspecified atom stereocenters. The summed E-state index contributed by atoms with van der Waals surface area (Å²) in [4.78, 5) is 23.2. The Morgan fingerprint density at radius 3 is 1.41 bits per heavy atom. The third-order valence-corrected chi connectivity index (χ3v) is 7.15. The number of aryl methyl sites for hydroxylation is 4. The van der Waals surface area contributed by atoms with Crippen LogP contribution in [0, 0.1) is 0 Å². The molecule has 2 aromatic carbocycles. The highest BCUT2D eigenvalue weighted by Gasteiger charge is 2.14. The number of unbranched alkanes of at least 4 members (excludes halogenated alkanes) is 3. The fourth-order valence-electron chi connectivity index (χ4n) is 4.78. The fraction of sp³-hybridized carbons (Fsp3) is 0.375. The first-order valence-electron chi connectivity index (χ1n) is 15.3. The van der Waals surface area contributed by atoms with Crippen molar-refractivity contribution in [2.75, 3.05) is 34.4 Å². The van der Waals surface area contributed by atoms with Crippen molar-refractivity contribution >= 4 is 57.8 Å². The molecule has 4 N–H and O–H groups in total. The van der Waals surface area contributed by atoms with Gasteiger partial charge in [0.2, 0.25) is 11.8 Å². The van der Waals surface area contributed by atoms with Crippen molar-refractivity contribution in [1.29, 1.82) is 0 Å². The molecule has 0 bridgehead atoms. The highest BCUT2D eigenvalue weighted by molar-refractivity contribution is 5.90. The second kappa shape index (κ2) is 16.1. The molecule has 0 spiro atoms. The van der Waals surface area contributed by atoms with E-state index >= 15 is 0 Å².